The molecule has 2 aromatic heterocycles. The van der Waals surface area contributed by atoms with Gasteiger partial charge in [-0.3, -0.25) is 23.9 Å². The number of H-pyrrole nitrogens is 1. The fourth-order valence-electron chi connectivity index (χ4n) is 4.15. The largest absolute Gasteiger partial charge is 0.364 e. The summed E-state index contributed by atoms with van der Waals surface area (Å²) in [7, 11) is 0. The number of aromatic nitrogens is 4. The number of allylic oxidation sites excluding steroid dienone is 1. The van der Waals surface area contributed by atoms with Crippen LogP contribution in [0.15, 0.2) is 64.7 Å². The molecule has 0 spiro atoms. The van der Waals surface area contributed by atoms with Gasteiger partial charge in [0.15, 0.2) is 5.69 Å². The van der Waals surface area contributed by atoms with Gasteiger partial charge >= 0.3 is 0 Å². The van der Waals surface area contributed by atoms with E-state index >= 15 is 0 Å². The molecule has 2 atom stereocenters. The molecule has 0 aliphatic carbocycles. The van der Waals surface area contributed by atoms with Gasteiger partial charge in [0.25, 0.3) is 11.5 Å². The summed E-state index contributed by atoms with van der Waals surface area (Å²) >= 11 is 0. The summed E-state index contributed by atoms with van der Waals surface area (Å²) in [6, 6.07) is 3.95. The van der Waals surface area contributed by atoms with Crippen LogP contribution in [0, 0.1) is 0 Å². The highest BCUT2D eigenvalue weighted by molar-refractivity contribution is 6.05. The minimum Gasteiger partial charge on any atom is -0.364 e. The predicted octanol–water partition coefficient (Wildman–Crippen LogP) is 1.75. The van der Waals surface area contributed by atoms with Crippen LogP contribution in [0.5, 0.6) is 0 Å². The van der Waals surface area contributed by atoms with Crippen LogP contribution in [0.25, 0.3) is 16.5 Å². The van der Waals surface area contributed by atoms with Gasteiger partial charge in [-0.1, -0.05) is 12.6 Å². The molecule has 1 saturated heterocycles. The van der Waals surface area contributed by atoms with Crippen LogP contribution in [-0.2, 0) is 16.1 Å². The van der Waals surface area contributed by atoms with Gasteiger partial charge in [-0.25, -0.2) is 9.37 Å². The molecule has 196 valence electrons. The maximum absolute atomic E-state index is 14.3. The lowest BCUT2D eigenvalue weighted by atomic mass is 10.0. The lowest BCUT2D eigenvalue weighted by Gasteiger charge is -2.23. The molecule has 2 unspecified atom stereocenters. The Bertz CT molecular complexity index is 1540. The van der Waals surface area contributed by atoms with Crippen molar-refractivity contribution in [1.82, 2.24) is 24.6 Å². The fourth-order valence-corrected chi connectivity index (χ4v) is 4.15. The minimum absolute atomic E-state index is 0.0509. The number of alkyl halides is 1. The molecule has 1 fully saturated rings. The molecular formula is C24H24FN9O4. The van der Waals surface area contributed by atoms with E-state index in [-0.39, 0.29) is 30.9 Å². The summed E-state index contributed by atoms with van der Waals surface area (Å²) < 4.78 is 15.6. The number of hydrogen-bond acceptors (Lipinski definition) is 8. The number of nitrogens with two attached hydrogens (primary N) is 1. The van der Waals surface area contributed by atoms with Gasteiger partial charge in [-0.2, -0.15) is 15.3 Å². The molecule has 0 saturated carbocycles. The monoisotopic (exact) mass is 521 g/mol. The van der Waals surface area contributed by atoms with Gasteiger partial charge in [-0.15, -0.1) is 0 Å². The molecule has 3 heterocycles. The van der Waals surface area contributed by atoms with Gasteiger partial charge < -0.3 is 20.9 Å². The number of anilines is 1. The van der Waals surface area contributed by atoms with E-state index < -0.39 is 35.5 Å². The molecular weight excluding hydrogens is 497 g/mol. The standard InChI is InChI=1S/C24H24FN9O4/c1-3-29-30-8-13(2)14-4-5-18-16(6-14)21(22(26)36)32-34(18)11-20(35)33-10-15(25)7-19(33)24(38)31-17-9-27-12-28-23(17)37/h3-6,8-9,12,15,19H,1,7,10-11H2,2H3,(H2,26,36)(H,31,38)(H,27,28,37)/b13-8+,30-29?. The lowest BCUT2D eigenvalue weighted by Crippen LogP contribution is -2.45. The van der Waals surface area contributed by atoms with E-state index in [4.69, 9.17) is 5.73 Å². The van der Waals surface area contributed by atoms with Crippen molar-refractivity contribution in [3.05, 3.63) is 71.3 Å². The number of likely N-dealkylation sites (tertiary alicyclic amines) is 1. The fraction of sp³-hybridized carbons (Fsp3) is 0.250. The van der Waals surface area contributed by atoms with E-state index in [1.807, 2.05) is 0 Å². The number of halogens is 1. The Hall–Kier alpha value is -5.01. The second-order valence-electron chi connectivity index (χ2n) is 8.51. The Morgan fingerprint density at radius 3 is 2.84 bits per heavy atom. The number of nitrogens with one attached hydrogen (secondary N) is 2. The SMILES string of the molecule is C=CN=N/C=C(\C)c1ccc2c(c1)c(C(N)=O)nn2CC(=O)N1CC(F)CC1C(=O)Nc1cnc[nH]c1=O. The summed E-state index contributed by atoms with van der Waals surface area (Å²) in [5.41, 5.74) is 6.67. The summed E-state index contributed by atoms with van der Waals surface area (Å²) in [5, 5.41) is 14.5. The Labute approximate surface area is 214 Å². The average molecular weight is 522 g/mol. The zero-order chi connectivity index (χ0) is 27.4. The molecule has 4 N–H and O–H groups in total. The second kappa shape index (κ2) is 10.9. The number of primary amides is 1. The third-order valence-electron chi connectivity index (χ3n) is 5.97. The first-order chi connectivity index (χ1) is 18.2. The molecule has 38 heavy (non-hydrogen) atoms. The van der Waals surface area contributed by atoms with Crippen molar-refractivity contribution in [3.8, 4) is 0 Å². The van der Waals surface area contributed by atoms with Gasteiger partial charge in [0.2, 0.25) is 11.8 Å². The van der Waals surface area contributed by atoms with E-state index in [9.17, 15) is 23.6 Å². The molecule has 1 aliphatic heterocycles. The first-order valence-corrected chi connectivity index (χ1v) is 11.4. The Morgan fingerprint density at radius 2 is 2.13 bits per heavy atom. The molecule has 13 nitrogen and oxygen atoms in total. The average Bonchev–Trinajstić information content (AvgIpc) is 3.46. The number of fused-ring (bicyclic) bond motifs is 1. The van der Waals surface area contributed by atoms with Crippen molar-refractivity contribution >= 4 is 39.9 Å². The van der Waals surface area contributed by atoms with Gasteiger partial charge in [0.1, 0.15) is 24.4 Å². The first kappa shape index (κ1) is 26.1. The number of nitrogens with zero attached hydrogens (tertiary/aromatic N) is 6. The predicted molar refractivity (Wildman–Crippen MR) is 135 cm³/mol. The van der Waals surface area contributed by atoms with Crippen molar-refractivity contribution in [2.75, 3.05) is 11.9 Å². The number of azo groups is 1. The molecule has 4 rings (SSSR count). The molecule has 14 heteroatoms. The Morgan fingerprint density at radius 1 is 1.34 bits per heavy atom. The van der Waals surface area contributed by atoms with Gasteiger partial charge in [0, 0.05) is 18.0 Å². The normalized spacial score (nSPS) is 17.7. The second-order valence-corrected chi connectivity index (χ2v) is 8.51. The maximum atomic E-state index is 14.3. The van der Waals surface area contributed by atoms with E-state index in [2.05, 4.69) is 37.2 Å². The number of benzene rings is 1. The molecule has 3 amide bonds. The molecule has 1 aromatic carbocycles. The van der Waals surface area contributed by atoms with E-state index in [1.165, 1.54) is 17.1 Å². The van der Waals surface area contributed by atoms with E-state index in [0.29, 0.717) is 10.9 Å². The van der Waals surface area contributed by atoms with Crippen LogP contribution in [0.1, 0.15) is 29.4 Å². The smallest absolute Gasteiger partial charge is 0.274 e. The lowest BCUT2D eigenvalue weighted by molar-refractivity contribution is -0.137. The van der Waals surface area contributed by atoms with Crippen LogP contribution in [0.4, 0.5) is 10.1 Å². The third kappa shape index (κ3) is 5.38. The molecule has 0 bridgehead atoms. The Kier molecular flexibility index (Phi) is 7.50. The third-order valence-corrected chi connectivity index (χ3v) is 5.97. The highest BCUT2D eigenvalue weighted by Gasteiger charge is 2.40. The van der Waals surface area contributed by atoms with Gasteiger partial charge in [0.05, 0.1) is 30.8 Å². The highest BCUT2D eigenvalue weighted by atomic mass is 19.1. The zero-order valence-electron chi connectivity index (χ0n) is 20.3. The van der Waals surface area contributed by atoms with Crippen molar-refractivity contribution in [2.45, 2.75) is 32.1 Å². The molecule has 1 aliphatic rings. The van der Waals surface area contributed by atoms with Crippen LogP contribution in [0.2, 0.25) is 0 Å². The molecule has 3 aromatic rings. The number of amides is 3. The highest BCUT2D eigenvalue weighted by Crippen LogP contribution is 2.26. The summed E-state index contributed by atoms with van der Waals surface area (Å²) in [5.74, 6) is -2.12. The summed E-state index contributed by atoms with van der Waals surface area (Å²) in [6.45, 7) is 4.56. The number of carbonyl (C=O) groups is 3. The quantitative estimate of drug-likeness (QED) is 0.380. The van der Waals surface area contributed by atoms with Crippen molar-refractivity contribution < 1.29 is 18.8 Å². The van der Waals surface area contributed by atoms with Crippen molar-refractivity contribution in [2.24, 2.45) is 16.0 Å². The first-order valence-electron chi connectivity index (χ1n) is 11.4. The van der Waals surface area contributed by atoms with Crippen LogP contribution in [-0.4, -0.2) is 61.1 Å². The number of carbonyl (C=O) groups excluding carboxylic acids is 3. The number of rotatable bonds is 8. The van der Waals surface area contributed by atoms with Crippen molar-refractivity contribution in [1.29, 1.82) is 0 Å². The van der Waals surface area contributed by atoms with E-state index in [1.54, 1.807) is 25.1 Å². The van der Waals surface area contributed by atoms with Crippen molar-refractivity contribution in [3.63, 3.8) is 0 Å². The maximum Gasteiger partial charge on any atom is 0.274 e. The van der Waals surface area contributed by atoms with Gasteiger partial charge in [-0.05, 0) is 30.2 Å². The number of aromatic amines is 1. The Balaban J connectivity index is 1.60. The summed E-state index contributed by atoms with van der Waals surface area (Å²) in [4.78, 5) is 57.2. The number of hydrogen-bond donors (Lipinski definition) is 3. The topological polar surface area (TPSA) is 181 Å². The minimum atomic E-state index is -1.44. The van der Waals surface area contributed by atoms with Crippen LogP contribution in [0.3, 0.4) is 0 Å². The van der Waals surface area contributed by atoms with Crippen LogP contribution >= 0.6 is 0 Å². The van der Waals surface area contributed by atoms with Crippen LogP contribution < -0.4 is 16.6 Å². The van der Waals surface area contributed by atoms with E-state index in [0.717, 1.165) is 28.6 Å². The zero-order valence-corrected chi connectivity index (χ0v) is 20.3. The molecule has 0 radical (unpaired) electrons. The summed E-state index contributed by atoms with van der Waals surface area (Å²) in [6.07, 6.45) is 3.45.